The number of nitrogens with one attached hydrogen (secondary N) is 1. The third-order valence-electron chi connectivity index (χ3n) is 3.52. The second-order valence-electron chi connectivity index (χ2n) is 5.15. The summed E-state index contributed by atoms with van der Waals surface area (Å²) in [6.45, 7) is 2.21. The van der Waals surface area contributed by atoms with Gasteiger partial charge in [-0.1, -0.05) is 0 Å². The summed E-state index contributed by atoms with van der Waals surface area (Å²) in [5, 5.41) is 3.13. The van der Waals surface area contributed by atoms with Crippen LogP contribution in [0.5, 0.6) is 0 Å². The third-order valence-corrected chi connectivity index (χ3v) is 3.52. The van der Waals surface area contributed by atoms with Crippen LogP contribution < -0.4 is 5.32 Å². The van der Waals surface area contributed by atoms with Gasteiger partial charge in [0.1, 0.15) is 11.6 Å². The van der Waals surface area contributed by atoms with E-state index in [0.717, 1.165) is 18.1 Å². The maximum absolute atomic E-state index is 4.66. The highest BCUT2D eigenvalue weighted by molar-refractivity contribution is 5.48. The Kier molecular flexibility index (Phi) is 3.83. The molecule has 2 aromatic rings. The van der Waals surface area contributed by atoms with E-state index in [1.165, 1.54) is 19.4 Å². The van der Waals surface area contributed by atoms with Gasteiger partial charge in [-0.05, 0) is 26.4 Å². The van der Waals surface area contributed by atoms with Gasteiger partial charge >= 0.3 is 0 Å². The Balaban J connectivity index is 1.75. The van der Waals surface area contributed by atoms with Crippen LogP contribution in [-0.4, -0.2) is 45.0 Å². The predicted octanol–water partition coefficient (Wildman–Crippen LogP) is 1.82. The smallest absolute Gasteiger partial charge is 0.150 e. The van der Waals surface area contributed by atoms with Crippen LogP contribution in [-0.2, 0) is 0 Å². The molecule has 104 valence electrons. The second kappa shape index (κ2) is 5.92. The summed E-state index contributed by atoms with van der Waals surface area (Å²) in [5.41, 5.74) is 1.05. The lowest BCUT2D eigenvalue weighted by Crippen LogP contribution is -2.31. The minimum absolute atomic E-state index is 0.463. The number of aromatic nitrogens is 4. The lowest BCUT2D eigenvalue weighted by molar-refractivity contribution is 0.248. The quantitative estimate of drug-likeness (QED) is 0.917. The maximum atomic E-state index is 4.66. The van der Waals surface area contributed by atoms with Crippen molar-refractivity contribution in [1.82, 2.24) is 24.8 Å². The molecule has 1 aliphatic rings. The first kappa shape index (κ1) is 12.9. The zero-order chi connectivity index (χ0) is 13.8. The molecule has 0 unspecified atom stereocenters. The van der Waals surface area contributed by atoms with Crippen LogP contribution in [0.3, 0.4) is 0 Å². The van der Waals surface area contributed by atoms with Crippen molar-refractivity contribution in [1.29, 1.82) is 0 Å². The van der Waals surface area contributed by atoms with Gasteiger partial charge in [0.15, 0.2) is 0 Å². The standard InChI is InChI=1S/C14H18N6/c1-20-6-2-3-11(10-20)12-7-16-9-14(18-12)19-13-8-15-4-5-17-13/h4-5,7-9,11H,2-3,6,10H2,1H3,(H,17,18,19)/t11-/m0/s1. The average molecular weight is 270 g/mol. The highest BCUT2D eigenvalue weighted by atomic mass is 15.1. The lowest BCUT2D eigenvalue weighted by Gasteiger charge is -2.29. The molecule has 20 heavy (non-hydrogen) atoms. The van der Waals surface area contributed by atoms with Gasteiger partial charge in [0, 0.05) is 31.1 Å². The van der Waals surface area contributed by atoms with E-state index in [1.807, 2.05) is 6.20 Å². The van der Waals surface area contributed by atoms with Crippen molar-refractivity contribution in [3.05, 3.63) is 36.7 Å². The molecule has 0 spiro atoms. The van der Waals surface area contributed by atoms with E-state index in [9.17, 15) is 0 Å². The number of anilines is 2. The van der Waals surface area contributed by atoms with E-state index in [4.69, 9.17) is 0 Å². The summed E-state index contributed by atoms with van der Waals surface area (Å²) in [5.74, 6) is 1.86. The largest absolute Gasteiger partial charge is 0.322 e. The minimum Gasteiger partial charge on any atom is -0.322 e. The number of likely N-dealkylation sites (N-methyl/N-ethyl adjacent to an activating group) is 1. The van der Waals surface area contributed by atoms with E-state index in [-0.39, 0.29) is 0 Å². The Morgan fingerprint density at radius 1 is 1.15 bits per heavy atom. The number of rotatable bonds is 3. The van der Waals surface area contributed by atoms with Crippen LogP contribution in [0.1, 0.15) is 24.5 Å². The predicted molar refractivity (Wildman–Crippen MR) is 76.8 cm³/mol. The maximum Gasteiger partial charge on any atom is 0.150 e. The molecule has 1 atom stereocenters. The van der Waals surface area contributed by atoms with Crippen LogP contribution in [0.4, 0.5) is 11.6 Å². The van der Waals surface area contributed by atoms with Crippen LogP contribution in [0.25, 0.3) is 0 Å². The molecule has 3 heterocycles. The van der Waals surface area contributed by atoms with E-state index in [1.54, 1.807) is 24.8 Å². The van der Waals surface area contributed by atoms with Gasteiger partial charge in [-0.3, -0.25) is 9.97 Å². The van der Waals surface area contributed by atoms with E-state index < -0.39 is 0 Å². The zero-order valence-corrected chi connectivity index (χ0v) is 11.5. The Morgan fingerprint density at radius 3 is 2.85 bits per heavy atom. The SMILES string of the molecule is CN1CCC[C@H](c2cncc(Nc3cnccn3)n2)C1. The van der Waals surface area contributed by atoms with Crippen molar-refractivity contribution in [2.75, 3.05) is 25.5 Å². The number of hydrogen-bond acceptors (Lipinski definition) is 6. The van der Waals surface area contributed by atoms with Gasteiger partial charge in [0.2, 0.25) is 0 Å². The van der Waals surface area contributed by atoms with E-state index >= 15 is 0 Å². The van der Waals surface area contributed by atoms with Crippen LogP contribution in [0.15, 0.2) is 31.0 Å². The molecule has 0 radical (unpaired) electrons. The average Bonchev–Trinajstić information content (AvgIpc) is 2.49. The molecule has 1 fully saturated rings. The molecular formula is C14H18N6. The highest BCUT2D eigenvalue weighted by Crippen LogP contribution is 2.25. The topological polar surface area (TPSA) is 66.8 Å². The first-order valence-electron chi connectivity index (χ1n) is 6.85. The first-order chi connectivity index (χ1) is 9.81. The summed E-state index contributed by atoms with van der Waals surface area (Å²) in [6.07, 6.45) is 10.9. The molecule has 1 aliphatic heterocycles. The Bertz CT molecular complexity index is 559. The molecule has 0 bridgehead atoms. The summed E-state index contributed by atoms with van der Waals surface area (Å²) in [4.78, 5) is 19.5. The Morgan fingerprint density at radius 2 is 2.05 bits per heavy atom. The summed E-state index contributed by atoms with van der Waals surface area (Å²) < 4.78 is 0. The van der Waals surface area contributed by atoms with E-state index in [0.29, 0.717) is 11.7 Å². The fraction of sp³-hybridized carbons (Fsp3) is 0.429. The molecule has 1 saturated heterocycles. The molecule has 2 aromatic heterocycles. The molecule has 3 rings (SSSR count). The minimum atomic E-state index is 0.463. The van der Waals surface area contributed by atoms with Crippen molar-refractivity contribution >= 4 is 11.6 Å². The number of piperidine rings is 1. The highest BCUT2D eigenvalue weighted by Gasteiger charge is 2.20. The number of nitrogens with zero attached hydrogens (tertiary/aromatic N) is 5. The summed E-state index contributed by atoms with van der Waals surface area (Å²) >= 11 is 0. The third kappa shape index (κ3) is 3.08. The van der Waals surface area contributed by atoms with Crippen molar-refractivity contribution in [2.45, 2.75) is 18.8 Å². The fourth-order valence-corrected chi connectivity index (χ4v) is 2.54. The second-order valence-corrected chi connectivity index (χ2v) is 5.15. The van der Waals surface area contributed by atoms with Gasteiger partial charge in [0.25, 0.3) is 0 Å². The van der Waals surface area contributed by atoms with Crippen molar-refractivity contribution < 1.29 is 0 Å². The molecule has 6 heteroatoms. The Hall–Kier alpha value is -2.08. The molecule has 0 aliphatic carbocycles. The molecule has 0 saturated carbocycles. The molecule has 0 amide bonds. The van der Waals surface area contributed by atoms with E-state index in [2.05, 4.69) is 37.2 Å². The zero-order valence-electron chi connectivity index (χ0n) is 11.5. The van der Waals surface area contributed by atoms with Gasteiger partial charge in [-0.2, -0.15) is 0 Å². The molecule has 0 aromatic carbocycles. The van der Waals surface area contributed by atoms with Crippen LogP contribution in [0, 0.1) is 0 Å². The van der Waals surface area contributed by atoms with Gasteiger partial charge in [-0.25, -0.2) is 9.97 Å². The van der Waals surface area contributed by atoms with Crippen molar-refractivity contribution in [2.24, 2.45) is 0 Å². The van der Waals surface area contributed by atoms with Gasteiger partial charge in [0.05, 0.1) is 18.1 Å². The Labute approximate surface area is 118 Å². The molecular weight excluding hydrogens is 252 g/mol. The lowest BCUT2D eigenvalue weighted by atomic mass is 9.95. The first-order valence-corrected chi connectivity index (χ1v) is 6.85. The molecule has 1 N–H and O–H groups in total. The van der Waals surface area contributed by atoms with Crippen LogP contribution >= 0.6 is 0 Å². The van der Waals surface area contributed by atoms with Crippen LogP contribution in [0.2, 0.25) is 0 Å². The monoisotopic (exact) mass is 270 g/mol. The summed E-state index contributed by atoms with van der Waals surface area (Å²) in [7, 11) is 2.15. The molecule has 6 nitrogen and oxygen atoms in total. The normalized spacial score (nSPS) is 19.8. The number of likely N-dealkylation sites (tertiary alicyclic amines) is 1. The van der Waals surface area contributed by atoms with Gasteiger partial charge < -0.3 is 10.2 Å². The fourth-order valence-electron chi connectivity index (χ4n) is 2.54. The van der Waals surface area contributed by atoms with Crippen molar-refractivity contribution in [3.8, 4) is 0 Å². The number of hydrogen-bond donors (Lipinski definition) is 1. The van der Waals surface area contributed by atoms with Gasteiger partial charge in [-0.15, -0.1) is 0 Å². The summed E-state index contributed by atoms with van der Waals surface area (Å²) in [6, 6.07) is 0. The van der Waals surface area contributed by atoms with Crippen molar-refractivity contribution in [3.63, 3.8) is 0 Å².